The summed E-state index contributed by atoms with van der Waals surface area (Å²) in [4.78, 5) is 13.2. The highest BCUT2D eigenvalue weighted by molar-refractivity contribution is 6.01. The molecule has 3 rings (SSSR count). The van der Waals surface area contributed by atoms with Crippen molar-refractivity contribution in [3.05, 3.63) is 71.8 Å². The molecule has 2 nitrogen and oxygen atoms in total. The van der Waals surface area contributed by atoms with Crippen molar-refractivity contribution in [2.75, 3.05) is 26.7 Å². The minimum atomic E-state index is -0.0586. The van der Waals surface area contributed by atoms with Gasteiger partial charge in [0.1, 0.15) is 0 Å². The van der Waals surface area contributed by atoms with Gasteiger partial charge in [-0.05, 0) is 31.2 Å². The average molecular weight is 322 g/mol. The molecule has 2 aromatic rings. The van der Waals surface area contributed by atoms with Crippen molar-refractivity contribution in [1.29, 1.82) is 0 Å². The summed E-state index contributed by atoms with van der Waals surface area (Å²) in [5, 5.41) is 0. The van der Waals surface area contributed by atoms with Crippen molar-refractivity contribution >= 4 is 5.78 Å². The largest absolute Gasteiger partial charge is 0.325 e. The molecule has 1 unspecified atom stereocenters. The number of hydrogen-bond acceptors (Lipinski definition) is 1. The molecule has 0 N–H and O–H groups in total. The molecule has 1 fully saturated rings. The maximum absolute atomic E-state index is 13.2. The fraction of sp³-hybridized carbons (Fsp3) is 0.409. The van der Waals surface area contributed by atoms with E-state index in [9.17, 15) is 4.79 Å². The summed E-state index contributed by atoms with van der Waals surface area (Å²) in [6, 6.07) is 20.1. The van der Waals surface area contributed by atoms with E-state index in [-0.39, 0.29) is 11.7 Å². The number of likely N-dealkylation sites (N-methyl/N-ethyl adjacent to an activating group) is 1. The Balaban J connectivity index is 1.89. The predicted octanol–water partition coefficient (Wildman–Crippen LogP) is 4.67. The van der Waals surface area contributed by atoms with Gasteiger partial charge in [-0.2, -0.15) is 0 Å². The van der Waals surface area contributed by atoms with Crippen molar-refractivity contribution in [3.63, 3.8) is 0 Å². The van der Waals surface area contributed by atoms with Gasteiger partial charge >= 0.3 is 0 Å². The molecule has 0 radical (unpaired) electrons. The SMILES string of the molecule is C[N+]1(CC(C(=O)c2ccccc2)c2ccccc2)CCCCCC1. The second kappa shape index (κ2) is 7.76. The maximum Gasteiger partial charge on any atom is 0.175 e. The van der Waals surface area contributed by atoms with Gasteiger partial charge in [-0.25, -0.2) is 0 Å². The van der Waals surface area contributed by atoms with E-state index >= 15 is 0 Å². The quantitative estimate of drug-likeness (QED) is 0.577. The zero-order chi connectivity index (χ0) is 16.8. The van der Waals surface area contributed by atoms with E-state index in [2.05, 4.69) is 19.2 Å². The van der Waals surface area contributed by atoms with E-state index in [1.165, 1.54) is 38.8 Å². The first-order valence-corrected chi connectivity index (χ1v) is 9.16. The zero-order valence-corrected chi connectivity index (χ0v) is 14.7. The molecule has 1 aliphatic rings. The van der Waals surface area contributed by atoms with Gasteiger partial charge in [0.05, 0.1) is 32.6 Å². The summed E-state index contributed by atoms with van der Waals surface area (Å²) in [6.07, 6.45) is 5.21. The van der Waals surface area contributed by atoms with Crippen LogP contribution in [-0.4, -0.2) is 36.9 Å². The highest BCUT2D eigenvalue weighted by Gasteiger charge is 2.32. The highest BCUT2D eigenvalue weighted by atomic mass is 16.1. The van der Waals surface area contributed by atoms with Crippen molar-refractivity contribution in [1.82, 2.24) is 0 Å². The number of Topliss-reactive ketones (excluding diaryl/α,β-unsaturated/α-hetero) is 1. The van der Waals surface area contributed by atoms with Crippen LogP contribution in [0.2, 0.25) is 0 Å². The second-order valence-electron chi connectivity index (χ2n) is 7.36. The molecule has 0 saturated carbocycles. The lowest BCUT2D eigenvalue weighted by atomic mass is 9.89. The number of rotatable bonds is 5. The summed E-state index contributed by atoms with van der Waals surface area (Å²) in [6.45, 7) is 3.27. The molecule has 0 amide bonds. The molecule has 24 heavy (non-hydrogen) atoms. The average Bonchev–Trinajstić information content (AvgIpc) is 2.85. The third-order valence-corrected chi connectivity index (χ3v) is 5.35. The fourth-order valence-electron chi connectivity index (χ4n) is 3.90. The maximum atomic E-state index is 13.2. The topological polar surface area (TPSA) is 17.1 Å². The molecule has 1 saturated heterocycles. The van der Waals surface area contributed by atoms with E-state index in [0.29, 0.717) is 0 Å². The lowest BCUT2D eigenvalue weighted by Crippen LogP contribution is -2.48. The van der Waals surface area contributed by atoms with Crippen LogP contribution in [-0.2, 0) is 0 Å². The minimum Gasteiger partial charge on any atom is -0.325 e. The molecule has 0 aliphatic carbocycles. The van der Waals surface area contributed by atoms with Crippen LogP contribution < -0.4 is 0 Å². The minimum absolute atomic E-state index is 0.0586. The van der Waals surface area contributed by atoms with E-state index in [1.807, 2.05) is 48.5 Å². The first kappa shape index (κ1) is 16.9. The smallest absolute Gasteiger partial charge is 0.175 e. The first-order chi connectivity index (χ1) is 11.7. The summed E-state index contributed by atoms with van der Waals surface area (Å²) in [5.74, 6) is 0.196. The third kappa shape index (κ3) is 4.12. The number of quaternary nitrogens is 1. The van der Waals surface area contributed by atoms with Crippen molar-refractivity contribution in [3.8, 4) is 0 Å². The Bertz CT molecular complexity index is 642. The highest BCUT2D eigenvalue weighted by Crippen LogP contribution is 2.27. The molecule has 2 heteroatoms. The van der Waals surface area contributed by atoms with E-state index in [0.717, 1.165) is 22.2 Å². The van der Waals surface area contributed by atoms with Crippen LogP contribution in [0.1, 0.15) is 47.5 Å². The van der Waals surface area contributed by atoms with Crippen molar-refractivity contribution in [2.45, 2.75) is 31.6 Å². The molecule has 1 aliphatic heterocycles. The number of nitrogens with zero attached hydrogens (tertiary/aromatic N) is 1. The molecular formula is C22H28NO+. The summed E-state index contributed by atoms with van der Waals surface area (Å²) < 4.78 is 1.01. The number of carbonyl (C=O) groups excluding carboxylic acids is 1. The Hall–Kier alpha value is -1.93. The fourth-order valence-corrected chi connectivity index (χ4v) is 3.90. The van der Waals surface area contributed by atoms with Gasteiger partial charge in [-0.3, -0.25) is 4.79 Å². The van der Waals surface area contributed by atoms with Gasteiger partial charge in [0, 0.05) is 5.56 Å². The Morgan fingerprint density at radius 1 is 0.875 bits per heavy atom. The lowest BCUT2D eigenvalue weighted by Gasteiger charge is -2.36. The summed E-state index contributed by atoms with van der Waals surface area (Å²) >= 11 is 0. The van der Waals surface area contributed by atoms with Crippen LogP contribution in [0.5, 0.6) is 0 Å². The number of hydrogen-bond donors (Lipinski definition) is 0. The Labute approximate surface area is 145 Å². The molecular weight excluding hydrogens is 294 g/mol. The second-order valence-corrected chi connectivity index (χ2v) is 7.36. The Morgan fingerprint density at radius 2 is 1.42 bits per heavy atom. The molecule has 126 valence electrons. The molecule has 2 aromatic carbocycles. The Kier molecular flexibility index (Phi) is 5.47. The number of likely N-dealkylation sites (tertiary alicyclic amines) is 1. The van der Waals surface area contributed by atoms with Crippen LogP contribution in [0.15, 0.2) is 60.7 Å². The van der Waals surface area contributed by atoms with Crippen LogP contribution in [0, 0.1) is 0 Å². The van der Waals surface area contributed by atoms with E-state index in [4.69, 9.17) is 0 Å². The van der Waals surface area contributed by atoms with Crippen molar-refractivity contribution in [2.24, 2.45) is 0 Å². The normalized spacial score (nSPS) is 18.5. The first-order valence-electron chi connectivity index (χ1n) is 9.16. The Morgan fingerprint density at radius 3 is 2.00 bits per heavy atom. The summed E-state index contributed by atoms with van der Waals surface area (Å²) in [7, 11) is 2.33. The monoisotopic (exact) mass is 322 g/mol. The zero-order valence-electron chi connectivity index (χ0n) is 14.7. The lowest BCUT2D eigenvalue weighted by molar-refractivity contribution is -0.909. The molecule has 1 heterocycles. The van der Waals surface area contributed by atoms with Crippen molar-refractivity contribution < 1.29 is 9.28 Å². The number of ketones is 1. The van der Waals surface area contributed by atoms with Gasteiger partial charge in [-0.1, -0.05) is 60.7 Å². The molecule has 0 spiro atoms. The standard InChI is InChI=1S/C22H28NO/c1-23(16-10-2-3-11-17-23)18-21(19-12-6-4-7-13-19)22(24)20-14-8-5-9-15-20/h4-9,12-15,21H,2-3,10-11,16-18H2,1H3/q+1. The number of benzene rings is 2. The van der Waals surface area contributed by atoms with E-state index < -0.39 is 0 Å². The predicted molar refractivity (Wildman–Crippen MR) is 99.2 cm³/mol. The van der Waals surface area contributed by atoms with Crippen LogP contribution in [0.3, 0.4) is 0 Å². The molecule has 0 aromatic heterocycles. The summed E-state index contributed by atoms with van der Waals surface area (Å²) in [5.41, 5.74) is 1.97. The van der Waals surface area contributed by atoms with Gasteiger partial charge in [0.25, 0.3) is 0 Å². The van der Waals surface area contributed by atoms with Crippen LogP contribution in [0.25, 0.3) is 0 Å². The molecule has 0 bridgehead atoms. The van der Waals surface area contributed by atoms with E-state index in [1.54, 1.807) is 0 Å². The van der Waals surface area contributed by atoms with Gasteiger partial charge in [-0.15, -0.1) is 0 Å². The van der Waals surface area contributed by atoms with Gasteiger partial charge < -0.3 is 4.48 Å². The molecule has 1 atom stereocenters. The van der Waals surface area contributed by atoms with Crippen LogP contribution in [0.4, 0.5) is 0 Å². The van der Waals surface area contributed by atoms with Gasteiger partial charge in [0.2, 0.25) is 0 Å². The van der Waals surface area contributed by atoms with Gasteiger partial charge in [0.15, 0.2) is 5.78 Å². The third-order valence-electron chi connectivity index (χ3n) is 5.35. The number of carbonyl (C=O) groups is 1. The van der Waals surface area contributed by atoms with Crippen LogP contribution >= 0.6 is 0 Å².